The lowest BCUT2D eigenvalue weighted by atomic mass is 10.0. The Morgan fingerprint density at radius 2 is 2.12 bits per heavy atom. The van der Waals surface area contributed by atoms with E-state index in [2.05, 4.69) is 21.3 Å². The van der Waals surface area contributed by atoms with Gasteiger partial charge in [0, 0.05) is 26.1 Å². The van der Waals surface area contributed by atoms with E-state index in [1.54, 1.807) is 19.3 Å². The van der Waals surface area contributed by atoms with Gasteiger partial charge in [0.2, 0.25) is 11.9 Å². The van der Waals surface area contributed by atoms with Crippen molar-refractivity contribution in [3.05, 3.63) is 30.0 Å². The van der Waals surface area contributed by atoms with Gasteiger partial charge in [-0.25, -0.2) is 9.78 Å². The lowest BCUT2D eigenvalue weighted by Crippen LogP contribution is -2.40. The Hall–Kier alpha value is -3.87. The maximum Gasteiger partial charge on any atom is 0.335 e. The molecular formula is C23H26N6O4. The highest BCUT2D eigenvalue weighted by molar-refractivity contribution is 5.99. The molecule has 2 heterocycles. The number of rotatable bonds is 6. The number of nitrogens with zero attached hydrogens (tertiary/aromatic N) is 5. The number of aromatic nitrogens is 2. The Morgan fingerprint density at radius 1 is 1.36 bits per heavy atom. The predicted octanol–water partition coefficient (Wildman–Crippen LogP) is 3.18. The molecule has 1 saturated carbocycles. The number of carboxylic acids is 1. The largest absolute Gasteiger partial charge is 0.495 e. The first kappa shape index (κ1) is 22.3. The molecule has 10 nitrogen and oxygen atoms in total. The molecule has 1 atom stereocenters. The van der Waals surface area contributed by atoms with Gasteiger partial charge in [-0.05, 0) is 31.0 Å². The van der Waals surface area contributed by atoms with E-state index in [1.807, 2.05) is 0 Å². The van der Waals surface area contributed by atoms with Crippen LogP contribution in [0.15, 0.2) is 24.4 Å². The number of aromatic carboxylic acids is 1. The molecule has 1 aromatic carbocycles. The second kappa shape index (κ2) is 9.32. The van der Waals surface area contributed by atoms with Crippen LogP contribution in [0, 0.1) is 17.2 Å². The second-order valence-corrected chi connectivity index (χ2v) is 8.29. The molecule has 2 N–H and O–H groups in total. The average molecular weight is 450 g/mol. The van der Waals surface area contributed by atoms with Crippen LogP contribution in [-0.2, 0) is 4.79 Å². The number of nitrogens with one attached hydrogen (secondary N) is 1. The van der Waals surface area contributed by atoms with Gasteiger partial charge >= 0.3 is 5.97 Å². The first-order chi connectivity index (χ1) is 15.9. The Balaban J connectivity index is 1.72. The van der Waals surface area contributed by atoms with Gasteiger partial charge in [0.05, 0.1) is 36.5 Å². The Morgan fingerprint density at radius 3 is 2.79 bits per heavy atom. The molecule has 0 spiro atoms. The number of fused-ring (bicyclic) bond motifs is 1. The molecule has 2 aromatic rings. The summed E-state index contributed by atoms with van der Waals surface area (Å²) in [5.74, 6) is -0.298. The third kappa shape index (κ3) is 4.39. The number of carbonyl (C=O) groups excluding carboxylic acids is 1. The van der Waals surface area contributed by atoms with Crippen LogP contribution in [0.5, 0.6) is 5.75 Å². The normalized spacial score (nSPS) is 18.5. The van der Waals surface area contributed by atoms with E-state index in [0.717, 1.165) is 25.7 Å². The molecule has 2 aliphatic rings. The van der Waals surface area contributed by atoms with E-state index in [0.29, 0.717) is 35.4 Å². The quantitative estimate of drug-likeness (QED) is 0.681. The van der Waals surface area contributed by atoms with Gasteiger partial charge in [0.15, 0.2) is 5.82 Å². The lowest BCUT2D eigenvalue weighted by molar-refractivity contribution is -0.121. The van der Waals surface area contributed by atoms with Gasteiger partial charge in [-0.2, -0.15) is 10.2 Å². The fourth-order valence-corrected chi connectivity index (χ4v) is 4.52. The number of amides is 1. The van der Waals surface area contributed by atoms with Crippen molar-refractivity contribution in [2.45, 2.75) is 38.1 Å². The Labute approximate surface area is 191 Å². The Kier molecular flexibility index (Phi) is 6.31. The molecule has 0 saturated heterocycles. The van der Waals surface area contributed by atoms with Gasteiger partial charge in [-0.3, -0.25) is 4.79 Å². The molecule has 1 aliphatic heterocycles. The van der Waals surface area contributed by atoms with Crippen molar-refractivity contribution in [3.8, 4) is 11.8 Å². The minimum absolute atomic E-state index is 0.108. The van der Waals surface area contributed by atoms with E-state index in [1.165, 1.54) is 24.1 Å². The Bertz CT molecular complexity index is 1110. The number of hydrogen-bond acceptors (Lipinski definition) is 8. The van der Waals surface area contributed by atoms with E-state index in [4.69, 9.17) is 9.72 Å². The van der Waals surface area contributed by atoms with E-state index < -0.39 is 11.9 Å². The van der Waals surface area contributed by atoms with Crippen LogP contribution in [0.2, 0.25) is 0 Å². The number of benzene rings is 1. The molecule has 1 unspecified atom stereocenters. The van der Waals surface area contributed by atoms with Crippen molar-refractivity contribution in [1.82, 2.24) is 9.97 Å². The average Bonchev–Trinajstić information content (AvgIpc) is 3.32. The van der Waals surface area contributed by atoms with Crippen LogP contribution in [0.25, 0.3) is 0 Å². The zero-order chi connectivity index (χ0) is 23.5. The molecule has 0 radical (unpaired) electrons. The second-order valence-electron chi connectivity index (χ2n) is 8.29. The van der Waals surface area contributed by atoms with Gasteiger partial charge in [0.1, 0.15) is 11.4 Å². The van der Waals surface area contributed by atoms with Crippen LogP contribution < -0.4 is 19.9 Å². The summed E-state index contributed by atoms with van der Waals surface area (Å²) in [6, 6.07) is 6.89. The maximum atomic E-state index is 13.0. The van der Waals surface area contributed by atoms with Gasteiger partial charge < -0.3 is 25.0 Å². The molecule has 33 heavy (non-hydrogen) atoms. The summed E-state index contributed by atoms with van der Waals surface area (Å²) in [4.78, 5) is 37.1. The molecule has 1 aliphatic carbocycles. The van der Waals surface area contributed by atoms with Gasteiger partial charge in [-0.15, -0.1) is 0 Å². The van der Waals surface area contributed by atoms with Crippen LogP contribution in [0.1, 0.15) is 42.5 Å². The van der Waals surface area contributed by atoms with Crippen LogP contribution >= 0.6 is 0 Å². The van der Waals surface area contributed by atoms with E-state index >= 15 is 0 Å². The number of methoxy groups -OCH3 is 1. The number of hydrogen-bond donors (Lipinski definition) is 2. The van der Waals surface area contributed by atoms with Crippen molar-refractivity contribution in [2.24, 2.45) is 5.92 Å². The predicted molar refractivity (Wildman–Crippen MR) is 122 cm³/mol. The number of carboxylic acid groups (broad SMARTS) is 1. The van der Waals surface area contributed by atoms with E-state index in [9.17, 15) is 20.0 Å². The highest BCUT2D eigenvalue weighted by atomic mass is 16.5. The standard InChI is InChI=1S/C23H26N6O4/c1-28-18-12-25-23(26-17-8-7-14(22(31)32)11-19(17)33-2)27-20(18)29(16-5-3-4-6-16)13-15(9-10-24)21(28)30/h7-8,11-12,15-16H,3-6,9,13H2,1-2H3,(H,31,32)(H,25,26,27). The summed E-state index contributed by atoms with van der Waals surface area (Å²) in [7, 11) is 3.15. The SMILES string of the molecule is COc1cc(C(=O)O)ccc1Nc1ncc2c(n1)N(C1CCCC1)CC(CC#N)C(=O)N2C. The highest BCUT2D eigenvalue weighted by Crippen LogP contribution is 2.38. The van der Waals surface area contributed by atoms with Crippen molar-refractivity contribution < 1.29 is 19.4 Å². The van der Waals surface area contributed by atoms with Gasteiger partial charge in [-0.1, -0.05) is 12.8 Å². The summed E-state index contributed by atoms with van der Waals surface area (Å²) in [5, 5.41) is 21.6. The summed E-state index contributed by atoms with van der Waals surface area (Å²) < 4.78 is 5.34. The van der Waals surface area contributed by atoms with Crippen molar-refractivity contribution >= 4 is 35.0 Å². The fourth-order valence-electron chi connectivity index (χ4n) is 4.52. The highest BCUT2D eigenvalue weighted by Gasteiger charge is 2.37. The van der Waals surface area contributed by atoms with Gasteiger partial charge in [0.25, 0.3) is 0 Å². The minimum Gasteiger partial charge on any atom is -0.495 e. The first-order valence-electron chi connectivity index (χ1n) is 10.9. The zero-order valence-electron chi connectivity index (χ0n) is 18.6. The fraction of sp³-hybridized carbons (Fsp3) is 0.435. The molecule has 1 aromatic heterocycles. The molecule has 10 heteroatoms. The topological polar surface area (TPSA) is 132 Å². The molecular weight excluding hydrogens is 424 g/mol. The minimum atomic E-state index is -1.05. The first-order valence-corrected chi connectivity index (χ1v) is 10.9. The number of carbonyl (C=O) groups is 2. The summed E-state index contributed by atoms with van der Waals surface area (Å²) >= 11 is 0. The third-order valence-electron chi connectivity index (χ3n) is 6.28. The van der Waals surface area contributed by atoms with Crippen molar-refractivity contribution in [2.75, 3.05) is 35.8 Å². The number of nitriles is 1. The van der Waals surface area contributed by atoms with Crippen molar-refractivity contribution in [1.29, 1.82) is 5.26 Å². The monoisotopic (exact) mass is 450 g/mol. The molecule has 0 bridgehead atoms. The molecule has 1 fully saturated rings. The maximum absolute atomic E-state index is 13.0. The molecule has 1 amide bonds. The smallest absolute Gasteiger partial charge is 0.335 e. The molecule has 172 valence electrons. The van der Waals surface area contributed by atoms with E-state index in [-0.39, 0.29) is 23.9 Å². The number of ether oxygens (including phenoxy) is 1. The summed E-state index contributed by atoms with van der Waals surface area (Å²) in [6.07, 6.45) is 6.00. The number of anilines is 4. The third-order valence-corrected chi connectivity index (χ3v) is 6.28. The van der Waals surface area contributed by atoms with Crippen molar-refractivity contribution in [3.63, 3.8) is 0 Å². The molecule has 4 rings (SSSR count). The van der Waals surface area contributed by atoms with Crippen LogP contribution in [-0.4, -0.2) is 53.7 Å². The zero-order valence-corrected chi connectivity index (χ0v) is 18.6. The van der Waals surface area contributed by atoms with Crippen LogP contribution in [0.3, 0.4) is 0 Å². The van der Waals surface area contributed by atoms with Crippen LogP contribution in [0.4, 0.5) is 23.1 Å². The summed E-state index contributed by atoms with van der Waals surface area (Å²) in [6.45, 7) is 0.432. The summed E-state index contributed by atoms with van der Waals surface area (Å²) in [5.41, 5.74) is 1.23. The lowest BCUT2D eigenvalue weighted by Gasteiger charge is -2.31.